The molecule has 6 heteroatoms. The maximum Gasteiger partial charge on any atom is 0.222 e. The van der Waals surface area contributed by atoms with Gasteiger partial charge in [0.25, 0.3) is 0 Å². The van der Waals surface area contributed by atoms with Gasteiger partial charge in [0.1, 0.15) is 4.99 Å². The van der Waals surface area contributed by atoms with Gasteiger partial charge in [-0.1, -0.05) is 29.9 Å². The summed E-state index contributed by atoms with van der Waals surface area (Å²) in [4.78, 5) is 11.3. The van der Waals surface area contributed by atoms with E-state index in [9.17, 15) is 4.79 Å². The van der Waals surface area contributed by atoms with E-state index in [1.165, 1.54) is 0 Å². The average molecular weight is 270 g/mol. The van der Waals surface area contributed by atoms with E-state index < -0.39 is 0 Å². The Morgan fingerprint density at radius 2 is 2.35 bits per heavy atom. The van der Waals surface area contributed by atoms with Gasteiger partial charge in [0, 0.05) is 18.7 Å². The number of amides is 1. The molecule has 0 aliphatic carbocycles. The van der Waals surface area contributed by atoms with Gasteiger partial charge < -0.3 is 16.4 Å². The quantitative estimate of drug-likeness (QED) is 0.723. The summed E-state index contributed by atoms with van der Waals surface area (Å²) in [7, 11) is 0. The van der Waals surface area contributed by atoms with Crippen LogP contribution >= 0.6 is 23.8 Å². The van der Waals surface area contributed by atoms with Crippen molar-refractivity contribution in [2.45, 2.75) is 12.5 Å². The summed E-state index contributed by atoms with van der Waals surface area (Å²) in [6.45, 7) is 0.599. The largest absolute Gasteiger partial charge is 0.389 e. The second-order valence-electron chi connectivity index (χ2n) is 3.88. The molecule has 0 bridgehead atoms. The van der Waals surface area contributed by atoms with Crippen LogP contribution in [0.5, 0.6) is 0 Å². The molecule has 4 nitrogen and oxygen atoms in total. The van der Waals surface area contributed by atoms with Gasteiger partial charge in [-0.05, 0) is 12.1 Å². The highest BCUT2D eigenvalue weighted by molar-refractivity contribution is 7.80. The van der Waals surface area contributed by atoms with Crippen molar-refractivity contribution in [1.29, 1.82) is 0 Å². The Labute approximate surface area is 110 Å². The summed E-state index contributed by atoms with van der Waals surface area (Å²) >= 11 is 11.0. The predicted molar refractivity (Wildman–Crippen MR) is 72.4 cm³/mol. The van der Waals surface area contributed by atoms with Crippen LogP contribution in [0.2, 0.25) is 5.02 Å². The van der Waals surface area contributed by atoms with Gasteiger partial charge in [-0.2, -0.15) is 0 Å². The molecule has 1 aliphatic heterocycles. The van der Waals surface area contributed by atoms with Gasteiger partial charge in [-0.3, -0.25) is 4.79 Å². The number of benzene rings is 1. The Morgan fingerprint density at radius 3 is 2.94 bits per heavy atom. The van der Waals surface area contributed by atoms with Crippen LogP contribution in [0.15, 0.2) is 18.2 Å². The van der Waals surface area contributed by atoms with Crippen LogP contribution in [0.3, 0.4) is 0 Å². The molecule has 1 aromatic carbocycles. The number of halogens is 1. The summed E-state index contributed by atoms with van der Waals surface area (Å²) in [5.41, 5.74) is 7.04. The fourth-order valence-electron chi connectivity index (χ4n) is 1.82. The number of rotatable bonds is 3. The highest BCUT2D eigenvalue weighted by atomic mass is 35.5. The first-order valence-electron chi connectivity index (χ1n) is 5.19. The molecular formula is C11H12ClN3OS. The Balaban J connectivity index is 2.23. The first kappa shape index (κ1) is 12.1. The minimum atomic E-state index is 0.0430. The number of hydrogen-bond acceptors (Lipinski definition) is 3. The maximum atomic E-state index is 11.1. The molecule has 0 aromatic heterocycles. The van der Waals surface area contributed by atoms with Gasteiger partial charge in [-0.15, -0.1) is 0 Å². The molecular weight excluding hydrogens is 258 g/mol. The summed E-state index contributed by atoms with van der Waals surface area (Å²) in [6.07, 6.45) is 0.448. The highest BCUT2D eigenvalue weighted by Crippen LogP contribution is 2.25. The fraction of sp³-hybridized carbons (Fsp3) is 0.273. The molecule has 4 N–H and O–H groups in total. The Hall–Kier alpha value is -1.33. The third-order valence-electron chi connectivity index (χ3n) is 2.60. The minimum Gasteiger partial charge on any atom is -0.389 e. The van der Waals surface area contributed by atoms with Gasteiger partial charge in [0.15, 0.2) is 0 Å². The summed E-state index contributed by atoms with van der Waals surface area (Å²) in [6, 6.07) is 5.45. The van der Waals surface area contributed by atoms with E-state index in [4.69, 9.17) is 29.6 Å². The molecule has 0 saturated carbocycles. The van der Waals surface area contributed by atoms with E-state index in [0.29, 0.717) is 23.6 Å². The van der Waals surface area contributed by atoms with Crippen LogP contribution < -0.4 is 16.4 Å². The third-order valence-corrected chi connectivity index (χ3v) is 3.12. The standard InChI is InChI=1S/C11H12ClN3OS/c12-7-2-1-3-8(10(7)11(13)17)15-6-4-9(16)14-5-6/h1-3,6,15H,4-5H2,(H2,13,17)(H,14,16). The number of carbonyl (C=O) groups is 1. The molecule has 17 heavy (non-hydrogen) atoms. The van der Waals surface area contributed by atoms with Crippen LogP contribution in [-0.4, -0.2) is 23.5 Å². The van der Waals surface area contributed by atoms with E-state index in [1.54, 1.807) is 6.07 Å². The third kappa shape index (κ3) is 2.68. The number of nitrogens with two attached hydrogens (primary N) is 1. The van der Waals surface area contributed by atoms with Crippen molar-refractivity contribution in [3.8, 4) is 0 Å². The van der Waals surface area contributed by atoms with Crippen LogP contribution in [0.4, 0.5) is 5.69 Å². The summed E-state index contributed by atoms with van der Waals surface area (Å²) < 4.78 is 0. The monoisotopic (exact) mass is 269 g/mol. The van der Waals surface area contributed by atoms with Crippen molar-refractivity contribution in [1.82, 2.24) is 5.32 Å². The van der Waals surface area contributed by atoms with E-state index in [1.807, 2.05) is 12.1 Å². The molecule has 1 aromatic rings. The van der Waals surface area contributed by atoms with Crippen LogP contribution in [0.1, 0.15) is 12.0 Å². The van der Waals surface area contributed by atoms with E-state index >= 15 is 0 Å². The summed E-state index contributed by atoms with van der Waals surface area (Å²) in [5.74, 6) is 0.0430. The Kier molecular flexibility index (Phi) is 3.49. The minimum absolute atomic E-state index is 0.0430. The number of anilines is 1. The molecule has 0 spiro atoms. The number of nitrogens with one attached hydrogen (secondary N) is 2. The Bertz CT molecular complexity index is 478. The topological polar surface area (TPSA) is 67.2 Å². The smallest absolute Gasteiger partial charge is 0.222 e. The van der Waals surface area contributed by atoms with Crippen LogP contribution in [0, 0.1) is 0 Å². The summed E-state index contributed by atoms with van der Waals surface area (Å²) in [5, 5.41) is 6.50. The van der Waals surface area contributed by atoms with Crippen molar-refractivity contribution < 1.29 is 4.79 Å². The lowest BCUT2D eigenvalue weighted by atomic mass is 10.1. The van der Waals surface area contributed by atoms with Gasteiger partial charge in [0.2, 0.25) is 5.91 Å². The zero-order valence-corrected chi connectivity index (χ0v) is 10.6. The number of thiocarbonyl (C=S) groups is 1. The zero-order chi connectivity index (χ0) is 12.4. The molecule has 1 atom stereocenters. The van der Waals surface area contributed by atoms with Crippen molar-refractivity contribution in [2.75, 3.05) is 11.9 Å². The normalized spacial score (nSPS) is 18.9. The molecule has 90 valence electrons. The fourth-order valence-corrected chi connectivity index (χ4v) is 2.37. The maximum absolute atomic E-state index is 11.1. The van der Waals surface area contributed by atoms with E-state index in [2.05, 4.69) is 10.6 Å². The molecule has 2 rings (SSSR count). The van der Waals surface area contributed by atoms with E-state index in [-0.39, 0.29) is 16.9 Å². The molecule has 1 fully saturated rings. The Morgan fingerprint density at radius 1 is 1.59 bits per heavy atom. The lowest BCUT2D eigenvalue weighted by Crippen LogP contribution is -2.24. The SMILES string of the molecule is NC(=S)c1c(Cl)cccc1NC1CNC(=O)C1. The molecule has 1 amide bonds. The molecule has 1 saturated heterocycles. The van der Waals surface area contributed by atoms with Crippen molar-refractivity contribution >= 4 is 40.4 Å². The van der Waals surface area contributed by atoms with Crippen molar-refractivity contribution in [3.05, 3.63) is 28.8 Å². The number of hydrogen-bond donors (Lipinski definition) is 3. The first-order valence-corrected chi connectivity index (χ1v) is 5.98. The zero-order valence-electron chi connectivity index (χ0n) is 9.00. The molecule has 1 heterocycles. The molecule has 1 aliphatic rings. The lowest BCUT2D eigenvalue weighted by molar-refractivity contribution is -0.119. The lowest BCUT2D eigenvalue weighted by Gasteiger charge is -2.16. The van der Waals surface area contributed by atoms with Gasteiger partial charge >= 0.3 is 0 Å². The average Bonchev–Trinajstić information content (AvgIpc) is 2.63. The van der Waals surface area contributed by atoms with E-state index in [0.717, 1.165) is 5.69 Å². The first-order chi connectivity index (χ1) is 8.08. The second-order valence-corrected chi connectivity index (χ2v) is 4.72. The van der Waals surface area contributed by atoms with Gasteiger partial charge in [-0.25, -0.2) is 0 Å². The van der Waals surface area contributed by atoms with Crippen molar-refractivity contribution in [2.24, 2.45) is 5.73 Å². The number of carbonyl (C=O) groups excluding carboxylic acids is 1. The van der Waals surface area contributed by atoms with Gasteiger partial charge in [0.05, 0.1) is 16.6 Å². The van der Waals surface area contributed by atoms with Crippen LogP contribution in [0.25, 0.3) is 0 Å². The molecule has 0 radical (unpaired) electrons. The van der Waals surface area contributed by atoms with Crippen molar-refractivity contribution in [3.63, 3.8) is 0 Å². The second kappa shape index (κ2) is 4.89. The predicted octanol–water partition coefficient (Wildman–Crippen LogP) is 1.27. The highest BCUT2D eigenvalue weighted by Gasteiger charge is 2.22. The molecule has 1 unspecified atom stereocenters. The van der Waals surface area contributed by atoms with Crippen LogP contribution in [-0.2, 0) is 4.79 Å².